The van der Waals surface area contributed by atoms with Gasteiger partial charge in [-0.15, -0.1) is 0 Å². The van der Waals surface area contributed by atoms with E-state index >= 15 is 0 Å². The molecule has 0 saturated heterocycles. The van der Waals surface area contributed by atoms with E-state index in [2.05, 4.69) is 4.74 Å². The third-order valence-electron chi connectivity index (χ3n) is 2.25. The Balaban J connectivity index is 2.97. The lowest BCUT2D eigenvalue weighted by Gasteiger charge is -2.07. The molecule has 7 heteroatoms. The number of ether oxygens (including phenoxy) is 5. The smallest absolute Gasteiger partial charge is 0.305 e. The Morgan fingerprint density at radius 3 is 1.70 bits per heavy atom. The molecule has 7 nitrogen and oxygen atoms in total. The highest BCUT2D eigenvalue weighted by molar-refractivity contribution is 5.68. The van der Waals surface area contributed by atoms with Gasteiger partial charge >= 0.3 is 5.97 Å². The number of esters is 1. The Hall–Kier alpha value is -0.730. The number of hydrogen-bond donors (Lipinski definition) is 1. The van der Waals surface area contributed by atoms with Gasteiger partial charge in [0.25, 0.3) is 0 Å². The number of carbonyl (C=O) groups is 1. The van der Waals surface area contributed by atoms with Crippen molar-refractivity contribution in [3.63, 3.8) is 0 Å². The number of methoxy groups -OCH3 is 1. The molecule has 0 spiro atoms. The number of hydrogen-bond acceptors (Lipinski definition) is 7. The van der Waals surface area contributed by atoms with Crippen molar-refractivity contribution in [3.8, 4) is 0 Å². The van der Waals surface area contributed by atoms with Crippen LogP contribution >= 0.6 is 0 Å². The van der Waals surface area contributed by atoms with Crippen molar-refractivity contribution in [2.45, 2.75) is 12.8 Å². The number of carbonyl (C=O) groups excluding carboxylic acids is 1. The van der Waals surface area contributed by atoms with Crippen LogP contribution in [0.4, 0.5) is 0 Å². The predicted octanol–water partition coefficient (Wildman–Crippen LogP) is -0.00170. The van der Waals surface area contributed by atoms with Gasteiger partial charge in [-0.05, 0) is 6.42 Å². The summed E-state index contributed by atoms with van der Waals surface area (Å²) in [6.45, 7) is 3.88. The van der Waals surface area contributed by atoms with Crippen molar-refractivity contribution in [3.05, 3.63) is 0 Å². The summed E-state index contributed by atoms with van der Waals surface area (Å²) in [5.41, 5.74) is 0. The summed E-state index contributed by atoms with van der Waals surface area (Å²) in [5.74, 6) is -0.218. The van der Waals surface area contributed by atoms with Gasteiger partial charge in [-0.3, -0.25) is 4.79 Å². The Bertz CT molecular complexity index is 211. The third-order valence-corrected chi connectivity index (χ3v) is 2.25. The van der Waals surface area contributed by atoms with Gasteiger partial charge < -0.3 is 28.8 Å². The van der Waals surface area contributed by atoms with Gasteiger partial charge in [0.1, 0.15) is 0 Å². The van der Waals surface area contributed by atoms with Crippen LogP contribution in [-0.2, 0) is 28.5 Å². The first-order valence-electron chi connectivity index (χ1n) is 6.80. The molecule has 0 heterocycles. The van der Waals surface area contributed by atoms with Gasteiger partial charge in [0.2, 0.25) is 0 Å². The molecular weight excluding hydrogens is 268 g/mol. The molecule has 0 rings (SSSR count). The third kappa shape index (κ3) is 15.3. The zero-order valence-electron chi connectivity index (χ0n) is 12.2. The summed E-state index contributed by atoms with van der Waals surface area (Å²) < 4.78 is 25.3. The van der Waals surface area contributed by atoms with Crippen molar-refractivity contribution in [2.75, 3.05) is 66.6 Å². The molecule has 0 aliphatic heterocycles. The fourth-order valence-corrected chi connectivity index (χ4v) is 1.25. The van der Waals surface area contributed by atoms with E-state index in [4.69, 9.17) is 24.1 Å². The van der Waals surface area contributed by atoms with E-state index in [9.17, 15) is 4.79 Å². The van der Waals surface area contributed by atoms with Gasteiger partial charge in [-0.25, -0.2) is 0 Å². The molecule has 0 bridgehead atoms. The summed E-state index contributed by atoms with van der Waals surface area (Å²) >= 11 is 0. The van der Waals surface area contributed by atoms with Crippen LogP contribution in [0, 0.1) is 0 Å². The minimum Gasteiger partial charge on any atom is -0.469 e. The van der Waals surface area contributed by atoms with Gasteiger partial charge in [-0.1, -0.05) is 0 Å². The Labute approximate surface area is 120 Å². The SMILES string of the molecule is COC(=O)CCCOCCOCCOCCOCCO. The summed E-state index contributed by atoms with van der Waals surface area (Å²) in [4.78, 5) is 10.8. The Morgan fingerprint density at radius 1 is 0.800 bits per heavy atom. The van der Waals surface area contributed by atoms with Gasteiger partial charge in [0.15, 0.2) is 0 Å². The monoisotopic (exact) mass is 294 g/mol. The van der Waals surface area contributed by atoms with Crippen LogP contribution in [0.25, 0.3) is 0 Å². The van der Waals surface area contributed by atoms with E-state index in [0.29, 0.717) is 65.7 Å². The molecular formula is C13H26O7. The highest BCUT2D eigenvalue weighted by atomic mass is 16.6. The van der Waals surface area contributed by atoms with Gasteiger partial charge in [0.05, 0.1) is 60.0 Å². The molecule has 0 aliphatic rings. The second-order valence-corrected chi connectivity index (χ2v) is 3.85. The molecule has 0 aliphatic carbocycles. The lowest BCUT2D eigenvalue weighted by molar-refractivity contribution is -0.141. The van der Waals surface area contributed by atoms with E-state index in [1.165, 1.54) is 7.11 Å². The molecule has 1 N–H and O–H groups in total. The quantitative estimate of drug-likeness (QED) is 0.336. The van der Waals surface area contributed by atoms with Crippen LogP contribution < -0.4 is 0 Å². The molecule has 0 saturated carbocycles. The topological polar surface area (TPSA) is 83.5 Å². The van der Waals surface area contributed by atoms with Crippen molar-refractivity contribution in [1.29, 1.82) is 0 Å². The average Bonchev–Trinajstić information content (AvgIpc) is 2.47. The molecule has 0 atom stereocenters. The van der Waals surface area contributed by atoms with E-state index in [0.717, 1.165) is 0 Å². The zero-order valence-corrected chi connectivity index (χ0v) is 12.2. The second-order valence-electron chi connectivity index (χ2n) is 3.85. The molecule has 0 aromatic rings. The largest absolute Gasteiger partial charge is 0.469 e. The fraction of sp³-hybridized carbons (Fsp3) is 0.923. The van der Waals surface area contributed by atoms with Crippen LogP contribution in [0.15, 0.2) is 0 Å². The van der Waals surface area contributed by atoms with E-state index in [-0.39, 0.29) is 12.6 Å². The summed E-state index contributed by atoms with van der Waals surface area (Å²) in [6, 6.07) is 0. The van der Waals surface area contributed by atoms with Crippen LogP contribution in [-0.4, -0.2) is 77.6 Å². The molecule has 0 aromatic heterocycles. The van der Waals surface area contributed by atoms with Crippen LogP contribution in [0.3, 0.4) is 0 Å². The second kappa shape index (κ2) is 16.3. The van der Waals surface area contributed by atoms with Crippen molar-refractivity contribution < 1.29 is 33.6 Å². The van der Waals surface area contributed by atoms with E-state index in [1.54, 1.807) is 0 Å². The maximum atomic E-state index is 10.8. The maximum Gasteiger partial charge on any atom is 0.305 e. The molecule has 0 radical (unpaired) electrons. The van der Waals surface area contributed by atoms with Gasteiger partial charge in [0, 0.05) is 13.0 Å². The minimum absolute atomic E-state index is 0.0305. The van der Waals surface area contributed by atoms with E-state index < -0.39 is 0 Å². The maximum absolute atomic E-state index is 10.8. The standard InChI is InChI=1S/C13H26O7/c1-16-13(15)3-2-5-17-7-9-19-11-12-20-10-8-18-6-4-14/h14H,2-12H2,1H3. The lowest BCUT2D eigenvalue weighted by atomic mass is 10.3. The first kappa shape index (κ1) is 19.3. The minimum atomic E-state index is -0.218. The normalized spacial score (nSPS) is 10.7. The lowest BCUT2D eigenvalue weighted by Crippen LogP contribution is -2.13. The first-order chi connectivity index (χ1) is 9.81. The fourth-order valence-electron chi connectivity index (χ4n) is 1.25. The molecule has 0 fully saturated rings. The van der Waals surface area contributed by atoms with Crippen molar-refractivity contribution in [1.82, 2.24) is 0 Å². The highest BCUT2D eigenvalue weighted by Crippen LogP contribution is 1.92. The highest BCUT2D eigenvalue weighted by Gasteiger charge is 1.99. The van der Waals surface area contributed by atoms with Crippen LogP contribution in [0.5, 0.6) is 0 Å². The summed E-state index contributed by atoms with van der Waals surface area (Å²) in [5, 5.41) is 8.46. The average molecular weight is 294 g/mol. The predicted molar refractivity (Wildman–Crippen MR) is 71.6 cm³/mol. The van der Waals surface area contributed by atoms with Crippen molar-refractivity contribution in [2.24, 2.45) is 0 Å². The Morgan fingerprint density at radius 2 is 1.25 bits per heavy atom. The van der Waals surface area contributed by atoms with Crippen LogP contribution in [0.1, 0.15) is 12.8 Å². The summed E-state index contributed by atoms with van der Waals surface area (Å²) in [7, 11) is 1.37. The van der Waals surface area contributed by atoms with Crippen LogP contribution in [0.2, 0.25) is 0 Å². The van der Waals surface area contributed by atoms with Crippen molar-refractivity contribution >= 4 is 5.97 Å². The number of aliphatic hydroxyl groups is 1. The molecule has 0 amide bonds. The molecule has 120 valence electrons. The zero-order chi connectivity index (χ0) is 14.9. The first-order valence-corrected chi connectivity index (χ1v) is 6.80. The van der Waals surface area contributed by atoms with Gasteiger partial charge in [-0.2, -0.15) is 0 Å². The molecule has 0 aromatic carbocycles. The number of rotatable bonds is 15. The van der Waals surface area contributed by atoms with E-state index in [1.807, 2.05) is 0 Å². The summed E-state index contributed by atoms with van der Waals surface area (Å²) in [6.07, 6.45) is 1.03. The molecule has 0 unspecified atom stereocenters. The Kier molecular flexibility index (Phi) is 15.7. The molecule has 20 heavy (non-hydrogen) atoms. The number of aliphatic hydroxyl groups excluding tert-OH is 1.